The lowest BCUT2D eigenvalue weighted by Crippen LogP contribution is -1.82. The number of carbonyl (C=O) groups excluding carboxylic acids is 2. The van der Waals surface area contributed by atoms with Crippen LogP contribution in [-0.4, -0.2) is 12.6 Å². The highest BCUT2D eigenvalue weighted by atomic mass is 79.9. The maximum absolute atomic E-state index is 10.8. The largest absolute Gasteiger partial charge is 0.298 e. The van der Waals surface area contributed by atoms with Crippen molar-refractivity contribution >= 4 is 39.8 Å². The van der Waals surface area contributed by atoms with Crippen LogP contribution in [0.15, 0.2) is 4.47 Å². The molecule has 96 valence electrons. The van der Waals surface area contributed by atoms with Crippen molar-refractivity contribution in [1.82, 2.24) is 0 Å². The molecule has 1 aromatic heterocycles. The summed E-state index contributed by atoms with van der Waals surface area (Å²) in [6.07, 6.45) is 7.02. The molecular weight excluding hydrogens is 312 g/mol. The van der Waals surface area contributed by atoms with Crippen molar-refractivity contribution in [2.24, 2.45) is 0 Å². The van der Waals surface area contributed by atoms with E-state index in [0.29, 0.717) is 27.5 Å². The molecule has 0 amide bonds. The minimum absolute atomic E-state index is 0.408. The van der Waals surface area contributed by atoms with Crippen molar-refractivity contribution in [3.63, 3.8) is 0 Å². The summed E-state index contributed by atoms with van der Waals surface area (Å²) in [6, 6.07) is 0. The van der Waals surface area contributed by atoms with E-state index in [0.717, 1.165) is 17.7 Å². The lowest BCUT2D eigenvalue weighted by atomic mass is 10.1. The third-order valence-corrected chi connectivity index (χ3v) is 4.63. The second-order valence-corrected chi connectivity index (χ2v) is 5.72. The second-order valence-electron chi connectivity index (χ2n) is 3.87. The first-order chi connectivity index (χ1) is 8.74. The molecule has 0 unspecified atom stereocenters. The maximum Gasteiger partial charge on any atom is 0.160 e. The summed E-state index contributed by atoms with van der Waals surface area (Å²) < 4.78 is 0.644. The van der Waals surface area contributed by atoms with Gasteiger partial charge >= 0.3 is 0 Å². The average Bonchev–Trinajstić information content (AvgIpc) is 2.69. The molecule has 0 fully saturated rings. The van der Waals surface area contributed by atoms with Gasteiger partial charge in [-0.1, -0.05) is 38.0 Å². The Balaban J connectivity index is 2.67. The molecule has 0 aliphatic heterocycles. The number of carbonyl (C=O) groups is 2. The van der Waals surface area contributed by atoms with Gasteiger partial charge in [0.25, 0.3) is 0 Å². The topological polar surface area (TPSA) is 34.1 Å². The van der Waals surface area contributed by atoms with Crippen LogP contribution in [0.25, 0.3) is 0 Å². The highest BCUT2D eigenvalue weighted by Gasteiger charge is 2.13. The predicted molar refractivity (Wildman–Crippen MR) is 78.4 cm³/mol. The lowest BCUT2D eigenvalue weighted by Gasteiger charge is -1.91. The van der Waals surface area contributed by atoms with Gasteiger partial charge in [-0.05, 0) is 22.4 Å². The van der Waals surface area contributed by atoms with E-state index < -0.39 is 0 Å². The molecule has 2 nitrogen and oxygen atoms in total. The number of aldehydes is 2. The van der Waals surface area contributed by atoms with Crippen molar-refractivity contribution in [2.75, 3.05) is 0 Å². The molecule has 1 rings (SSSR count). The Morgan fingerprint density at radius 3 is 2.56 bits per heavy atom. The van der Waals surface area contributed by atoms with Crippen molar-refractivity contribution in [2.45, 2.75) is 39.0 Å². The Hall–Kier alpha value is -0.920. The van der Waals surface area contributed by atoms with Crippen molar-refractivity contribution < 1.29 is 9.59 Å². The van der Waals surface area contributed by atoms with E-state index in [2.05, 4.69) is 34.7 Å². The highest BCUT2D eigenvalue weighted by molar-refractivity contribution is 9.10. The molecule has 0 atom stereocenters. The Morgan fingerprint density at radius 1 is 1.22 bits per heavy atom. The molecule has 1 aromatic rings. The van der Waals surface area contributed by atoms with Crippen LogP contribution in [0.3, 0.4) is 0 Å². The first-order valence-corrected chi connectivity index (χ1v) is 7.57. The fraction of sp³-hybridized carbons (Fsp3) is 0.429. The molecule has 0 spiro atoms. The Kier molecular flexibility index (Phi) is 6.92. The number of halogens is 1. The van der Waals surface area contributed by atoms with Crippen LogP contribution >= 0.6 is 27.3 Å². The monoisotopic (exact) mass is 326 g/mol. The first-order valence-electron chi connectivity index (χ1n) is 5.96. The molecule has 0 saturated heterocycles. The fourth-order valence-corrected chi connectivity index (χ4v) is 3.13. The molecule has 0 N–H and O–H groups in total. The minimum atomic E-state index is 0.408. The summed E-state index contributed by atoms with van der Waals surface area (Å²) in [4.78, 5) is 22.8. The quantitative estimate of drug-likeness (QED) is 0.439. The standard InChI is InChI=1S/C14H15BrO2S/c1-2-3-4-5-6-7-8-12-14(15)11(9-16)13(10-17)18-12/h9-10H,2-6H2,1H3. The minimum Gasteiger partial charge on any atom is -0.298 e. The molecule has 0 aromatic carbocycles. The molecule has 18 heavy (non-hydrogen) atoms. The van der Waals surface area contributed by atoms with Crippen LogP contribution in [-0.2, 0) is 0 Å². The van der Waals surface area contributed by atoms with Crippen molar-refractivity contribution in [3.05, 3.63) is 19.8 Å². The van der Waals surface area contributed by atoms with Crippen LogP contribution in [0.5, 0.6) is 0 Å². The zero-order valence-electron chi connectivity index (χ0n) is 10.3. The van der Waals surface area contributed by atoms with Gasteiger partial charge in [-0.15, -0.1) is 11.3 Å². The van der Waals surface area contributed by atoms with Gasteiger partial charge in [0, 0.05) is 6.42 Å². The Bertz CT molecular complexity index is 480. The first kappa shape index (κ1) is 15.1. The third kappa shape index (κ3) is 4.08. The van der Waals surface area contributed by atoms with Crippen molar-refractivity contribution in [3.8, 4) is 11.8 Å². The number of rotatable bonds is 6. The summed E-state index contributed by atoms with van der Waals surface area (Å²) in [5.41, 5.74) is 0.408. The van der Waals surface area contributed by atoms with E-state index in [1.807, 2.05) is 0 Å². The van der Waals surface area contributed by atoms with Gasteiger partial charge in [0.15, 0.2) is 12.6 Å². The summed E-state index contributed by atoms with van der Waals surface area (Å²) in [5.74, 6) is 6.11. The zero-order chi connectivity index (χ0) is 13.4. The van der Waals surface area contributed by atoms with Gasteiger partial charge in [0.05, 0.1) is 19.8 Å². The van der Waals surface area contributed by atoms with Gasteiger partial charge in [0.1, 0.15) is 0 Å². The van der Waals surface area contributed by atoms with Gasteiger partial charge in [-0.2, -0.15) is 0 Å². The molecule has 0 bridgehead atoms. The van der Waals surface area contributed by atoms with Gasteiger partial charge in [0.2, 0.25) is 0 Å². The van der Waals surface area contributed by atoms with Crippen LogP contribution in [0, 0.1) is 11.8 Å². The highest BCUT2D eigenvalue weighted by Crippen LogP contribution is 2.30. The smallest absolute Gasteiger partial charge is 0.160 e. The van der Waals surface area contributed by atoms with Crippen LogP contribution in [0.4, 0.5) is 0 Å². The number of unbranched alkanes of at least 4 members (excludes halogenated alkanes) is 4. The third-order valence-electron chi connectivity index (χ3n) is 2.50. The number of thiophene rings is 1. The van der Waals surface area contributed by atoms with E-state index in [-0.39, 0.29) is 0 Å². The molecule has 0 saturated carbocycles. The van der Waals surface area contributed by atoms with Crippen LogP contribution in [0.1, 0.15) is 63.9 Å². The summed E-state index contributed by atoms with van der Waals surface area (Å²) >= 11 is 4.57. The number of hydrogen-bond donors (Lipinski definition) is 0. The van der Waals surface area contributed by atoms with E-state index in [9.17, 15) is 9.59 Å². The Morgan fingerprint density at radius 2 is 2.00 bits per heavy atom. The van der Waals surface area contributed by atoms with E-state index in [1.165, 1.54) is 30.6 Å². The number of hydrogen-bond acceptors (Lipinski definition) is 3. The van der Waals surface area contributed by atoms with E-state index in [1.54, 1.807) is 0 Å². The summed E-state index contributed by atoms with van der Waals surface area (Å²) in [6.45, 7) is 2.18. The van der Waals surface area contributed by atoms with Crippen LogP contribution in [0.2, 0.25) is 0 Å². The SMILES string of the molecule is CCCCCCC#Cc1sc(C=O)c(C=O)c1Br. The lowest BCUT2D eigenvalue weighted by molar-refractivity contribution is 0.109. The van der Waals surface area contributed by atoms with Crippen LogP contribution < -0.4 is 0 Å². The second kappa shape index (κ2) is 8.23. The molecule has 0 radical (unpaired) electrons. The molecule has 1 heterocycles. The average molecular weight is 327 g/mol. The Labute approximate surface area is 120 Å². The van der Waals surface area contributed by atoms with E-state index >= 15 is 0 Å². The maximum atomic E-state index is 10.8. The molecule has 0 aliphatic rings. The fourth-order valence-electron chi connectivity index (χ4n) is 1.50. The van der Waals surface area contributed by atoms with Gasteiger partial charge in [-0.3, -0.25) is 9.59 Å². The molecule has 0 aliphatic carbocycles. The normalized spacial score (nSPS) is 9.67. The molecule has 4 heteroatoms. The van der Waals surface area contributed by atoms with Gasteiger partial charge in [-0.25, -0.2) is 0 Å². The predicted octanol–water partition coefficient (Wildman–Crippen LogP) is 4.46. The molecular formula is C14H15BrO2S. The zero-order valence-corrected chi connectivity index (χ0v) is 12.7. The summed E-state index contributed by atoms with van der Waals surface area (Å²) in [5, 5.41) is 0. The summed E-state index contributed by atoms with van der Waals surface area (Å²) in [7, 11) is 0. The van der Waals surface area contributed by atoms with Gasteiger partial charge < -0.3 is 0 Å². The van der Waals surface area contributed by atoms with E-state index in [4.69, 9.17) is 0 Å². The van der Waals surface area contributed by atoms with Crippen molar-refractivity contribution in [1.29, 1.82) is 0 Å².